The van der Waals surface area contributed by atoms with Crippen LogP contribution in [-0.4, -0.2) is 24.9 Å². The zero-order valence-corrected chi connectivity index (χ0v) is 12.5. The molecular formula is C13H21ClN2O3. The fraction of sp³-hybridized carbons (Fsp3) is 0.385. The quantitative estimate of drug-likeness (QED) is 0.402. The third kappa shape index (κ3) is 11.1. The zero-order valence-electron chi connectivity index (χ0n) is 11.7. The van der Waals surface area contributed by atoms with E-state index in [0.717, 1.165) is 5.75 Å². The van der Waals surface area contributed by atoms with E-state index < -0.39 is 5.97 Å². The van der Waals surface area contributed by atoms with Gasteiger partial charge in [-0.2, -0.15) is 5.10 Å². The van der Waals surface area contributed by atoms with E-state index in [4.69, 9.17) is 16.3 Å². The Morgan fingerprint density at radius 1 is 1.32 bits per heavy atom. The number of carbonyl (C=O) groups excluding carboxylic acids is 1. The van der Waals surface area contributed by atoms with E-state index >= 15 is 0 Å². The van der Waals surface area contributed by atoms with Gasteiger partial charge < -0.3 is 15.3 Å². The lowest BCUT2D eigenvalue weighted by Crippen LogP contribution is -2.13. The van der Waals surface area contributed by atoms with Crippen LogP contribution in [0.1, 0.15) is 20.8 Å². The molecule has 5 nitrogen and oxygen atoms in total. The average Bonchev–Trinajstić information content (AvgIpc) is 2.50. The van der Waals surface area contributed by atoms with Gasteiger partial charge in [0, 0.05) is 0 Å². The molecule has 19 heavy (non-hydrogen) atoms. The standard InChI is InChI=1S/C7H8O.C4H7ClN2O2.C2H6/c1-8-7-5-3-2-4-6-7;1-2-9-4(8)3(5)7-6;1-2/h2-6H,1H3;2,6H2,1H3;1-2H3/b;7-3-;. The number of hydrogen-bond donors (Lipinski definition) is 1. The predicted molar refractivity (Wildman–Crippen MR) is 78.5 cm³/mol. The average molecular weight is 289 g/mol. The summed E-state index contributed by atoms with van der Waals surface area (Å²) >= 11 is 5.14. The molecule has 0 fully saturated rings. The van der Waals surface area contributed by atoms with E-state index in [-0.39, 0.29) is 11.8 Å². The molecule has 1 aromatic rings. The normalized spacial score (nSPS) is 9.21. The van der Waals surface area contributed by atoms with Crippen LogP contribution < -0.4 is 10.6 Å². The molecule has 0 saturated carbocycles. The summed E-state index contributed by atoms with van der Waals surface area (Å²) < 4.78 is 9.33. The fourth-order valence-electron chi connectivity index (χ4n) is 0.800. The number of nitrogens with zero attached hydrogens (tertiary/aromatic N) is 1. The molecule has 0 spiro atoms. The minimum absolute atomic E-state index is 0.268. The van der Waals surface area contributed by atoms with E-state index in [1.54, 1.807) is 14.0 Å². The smallest absolute Gasteiger partial charge is 0.370 e. The molecule has 0 aliphatic heterocycles. The highest BCUT2D eigenvalue weighted by atomic mass is 35.5. The molecule has 0 saturated heterocycles. The van der Waals surface area contributed by atoms with Gasteiger partial charge in [0.25, 0.3) is 0 Å². The van der Waals surface area contributed by atoms with Gasteiger partial charge in [-0.25, -0.2) is 4.79 Å². The Labute approximate surface area is 119 Å². The van der Waals surface area contributed by atoms with Crippen molar-refractivity contribution in [3.63, 3.8) is 0 Å². The summed E-state index contributed by atoms with van der Waals surface area (Å²) in [5.74, 6) is 4.88. The number of para-hydroxylation sites is 1. The van der Waals surface area contributed by atoms with Crippen molar-refractivity contribution in [2.24, 2.45) is 10.9 Å². The Hall–Kier alpha value is -1.75. The van der Waals surface area contributed by atoms with Gasteiger partial charge >= 0.3 is 5.97 Å². The molecule has 1 aromatic carbocycles. The summed E-state index contributed by atoms with van der Waals surface area (Å²) in [4.78, 5) is 10.4. The summed E-state index contributed by atoms with van der Waals surface area (Å²) in [6, 6.07) is 9.68. The van der Waals surface area contributed by atoms with Crippen LogP contribution in [0.3, 0.4) is 0 Å². The third-order valence-corrected chi connectivity index (χ3v) is 1.79. The first kappa shape index (κ1) is 19.6. The Kier molecular flexibility index (Phi) is 14.8. The molecule has 0 unspecified atom stereocenters. The topological polar surface area (TPSA) is 73.9 Å². The van der Waals surface area contributed by atoms with Gasteiger partial charge in [0.2, 0.25) is 5.17 Å². The summed E-state index contributed by atoms with van der Waals surface area (Å²) in [7, 11) is 1.66. The van der Waals surface area contributed by atoms with E-state index in [2.05, 4.69) is 15.7 Å². The van der Waals surface area contributed by atoms with E-state index in [1.165, 1.54) is 0 Å². The number of hydrogen-bond acceptors (Lipinski definition) is 5. The van der Waals surface area contributed by atoms with Crippen molar-refractivity contribution in [2.45, 2.75) is 20.8 Å². The fourth-order valence-corrected chi connectivity index (χ4v) is 0.854. The highest BCUT2D eigenvalue weighted by molar-refractivity contribution is 6.81. The number of halogens is 1. The molecule has 0 heterocycles. The van der Waals surface area contributed by atoms with Crippen molar-refractivity contribution in [2.75, 3.05) is 13.7 Å². The highest BCUT2D eigenvalue weighted by Crippen LogP contribution is 2.05. The Morgan fingerprint density at radius 3 is 2.16 bits per heavy atom. The number of esters is 1. The molecule has 6 heteroatoms. The molecule has 0 aromatic heterocycles. The number of methoxy groups -OCH3 is 1. The second kappa shape index (κ2) is 14.3. The van der Waals surface area contributed by atoms with Gasteiger partial charge in [-0.1, -0.05) is 43.6 Å². The number of nitrogens with two attached hydrogens (primary N) is 1. The van der Waals surface area contributed by atoms with Crippen LogP contribution in [0, 0.1) is 0 Å². The number of hydrazone groups is 1. The van der Waals surface area contributed by atoms with E-state index in [9.17, 15) is 4.79 Å². The lowest BCUT2D eigenvalue weighted by atomic mass is 10.3. The number of ether oxygens (including phenoxy) is 2. The maximum absolute atomic E-state index is 10.4. The van der Waals surface area contributed by atoms with Gasteiger partial charge in [-0.05, 0) is 19.1 Å². The Balaban J connectivity index is 0. The van der Waals surface area contributed by atoms with Crippen LogP contribution in [0.2, 0.25) is 0 Å². The number of carbonyl (C=O) groups is 1. The predicted octanol–water partition coefficient (Wildman–Crippen LogP) is 2.78. The minimum atomic E-state index is -0.693. The molecule has 2 N–H and O–H groups in total. The molecule has 0 aliphatic rings. The summed E-state index contributed by atoms with van der Waals surface area (Å²) in [6.07, 6.45) is 0. The molecule has 0 atom stereocenters. The van der Waals surface area contributed by atoms with Crippen molar-refractivity contribution in [3.05, 3.63) is 30.3 Å². The van der Waals surface area contributed by atoms with Gasteiger partial charge in [0.1, 0.15) is 5.75 Å². The lowest BCUT2D eigenvalue weighted by molar-refractivity contribution is -0.134. The second-order valence-electron chi connectivity index (χ2n) is 2.66. The molecule has 0 bridgehead atoms. The first-order valence-corrected chi connectivity index (χ1v) is 6.23. The van der Waals surface area contributed by atoms with Crippen molar-refractivity contribution in [3.8, 4) is 5.75 Å². The van der Waals surface area contributed by atoms with Crippen LogP contribution in [0.15, 0.2) is 35.4 Å². The van der Waals surface area contributed by atoms with Gasteiger partial charge in [-0.3, -0.25) is 0 Å². The maximum Gasteiger partial charge on any atom is 0.370 e. The SMILES string of the molecule is CC.CCOC(=O)/C(Cl)=N/N.COc1ccccc1. The molecular weight excluding hydrogens is 268 g/mol. The number of benzene rings is 1. The van der Waals surface area contributed by atoms with Crippen LogP contribution in [0.4, 0.5) is 0 Å². The van der Waals surface area contributed by atoms with Gasteiger partial charge in [0.15, 0.2) is 0 Å². The van der Waals surface area contributed by atoms with E-state index in [0.29, 0.717) is 0 Å². The maximum atomic E-state index is 10.4. The van der Waals surface area contributed by atoms with Crippen molar-refractivity contribution in [1.29, 1.82) is 0 Å². The van der Waals surface area contributed by atoms with Gasteiger partial charge in [0.05, 0.1) is 13.7 Å². The number of rotatable bonds is 3. The van der Waals surface area contributed by atoms with Crippen LogP contribution >= 0.6 is 11.6 Å². The van der Waals surface area contributed by atoms with Crippen LogP contribution in [0.5, 0.6) is 5.75 Å². The van der Waals surface area contributed by atoms with Crippen LogP contribution in [-0.2, 0) is 9.53 Å². The first-order valence-electron chi connectivity index (χ1n) is 5.85. The second-order valence-corrected chi connectivity index (χ2v) is 3.02. The van der Waals surface area contributed by atoms with Crippen molar-refractivity contribution in [1.82, 2.24) is 0 Å². The monoisotopic (exact) mass is 288 g/mol. The highest BCUT2D eigenvalue weighted by Gasteiger charge is 2.06. The first-order chi connectivity index (χ1) is 9.15. The van der Waals surface area contributed by atoms with Crippen LogP contribution in [0.25, 0.3) is 0 Å². The van der Waals surface area contributed by atoms with E-state index in [1.807, 2.05) is 44.2 Å². The largest absolute Gasteiger partial charge is 0.497 e. The lowest BCUT2D eigenvalue weighted by Gasteiger charge is -1.95. The molecule has 108 valence electrons. The van der Waals surface area contributed by atoms with Gasteiger partial charge in [-0.15, -0.1) is 0 Å². The zero-order chi connectivity index (χ0) is 15.1. The molecule has 1 rings (SSSR count). The minimum Gasteiger partial charge on any atom is -0.497 e. The van der Waals surface area contributed by atoms with Crippen molar-refractivity contribution < 1.29 is 14.3 Å². The molecule has 0 amide bonds. The van der Waals surface area contributed by atoms with Crippen molar-refractivity contribution >= 4 is 22.7 Å². The molecule has 0 radical (unpaired) electrons. The summed E-state index contributed by atoms with van der Waals surface area (Å²) in [6.45, 7) is 5.93. The third-order valence-electron chi connectivity index (χ3n) is 1.54. The Bertz CT molecular complexity index is 356. The Morgan fingerprint density at radius 2 is 1.84 bits per heavy atom. The molecule has 0 aliphatic carbocycles. The summed E-state index contributed by atoms with van der Waals surface area (Å²) in [5, 5.41) is 2.58. The summed E-state index contributed by atoms with van der Waals surface area (Å²) in [5.41, 5.74) is 0.